The smallest absolute Gasteiger partial charge is 0.191 e. The number of allylic oxidation sites excluding steroid dienone is 1. The Morgan fingerprint density at radius 2 is 2.19 bits per heavy atom. The van der Waals surface area contributed by atoms with Crippen molar-refractivity contribution in [1.29, 1.82) is 0 Å². The summed E-state index contributed by atoms with van der Waals surface area (Å²) in [7, 11) is 3.53. The van der Waals surface area contributed by atoms with Gasteiger partial charge >= 0.3 is 0 Å². The first kappa shape index (κ1) is 20.4. The number of phenolic OH excluding ortho intramolecular Hbond substituents is 1. The minimum Gasteiger partial charge on any atom is -0.507 e. The van der Waals surface area contributed by atoms with Gasteiger partial charge in [0.2, 0.25) is 0 Å². The van der Waals surface area contributed by atoms with Crippen molar-refractivity contribution in [2.45, 2.75) is 24.8 Å². The third kappa shape index (κ3) is 5.52. The first-order valence-corrected chi connectivity index (χ1v) is 9.34. The number of hydrogen-bond donors (Lipinski definition) is 1. The van der Waals surface area contributed by atoms with Crippen LogP contribution in [0.2, 0.25) is 0 Å². The molecule has 0 radical (unpaired) electrons. The average Bonchev–Trinajstić information content (AvgIpc) is 2.97. The van der Waals surface area contributed by atoms with Gasteiger partial charge < -0.3 is 14.4 Å². The predicted molar refractivity (Wildman–Crippen MR) is 106 cm³/mol. The lowest BCUT2D eigenvalue weighted by atomic mass is 10.2. The summed E-state index contributed by atoms with van der Waals surface area (Å²) in [4.78, 5) is 2.06. The van der Waals surface area contributed by atoms with Gasteiger partial charge in [0.05, 0.1) is 13.7 Å². The van der Waals surface area contributed by atoms with Crippen molar-refractivity contribution in [1.82, 2.24) is 19.7 Å². The Bertz CT molecular complexity index is 779. The molecule has 0 aliphatic carbocycles. The first-order valence-electron chi connectivity index (χ1n) is 7.98. The van der Waals surface area contributed by atoms with Crippen LogP contribution in [0, 0.1) is 0 Å². The van der Waals surface area contributed by atoms with Crippen molar-refractivity contribution < 1.29 is 9.84 Å². The summed E-state index contributed by atoms with van der Waals surface area (Å²) < 4.78 is 7.12. The fraction of sp³-hybridized carbons (Fsp3) is 0.333. The van der Waals surface area contributed by atoms with Gasteiger partial charge in [0.15, 0.2) is 5.16 Å². The third-order valence-corrected chi connectivity index (χ3v) is 4.95. The molecule has 0 aliphatic heterocycles. The van der Waals surface area contributed by atoms with Crippen molar-refractivity contribution in [3.63, 3.8) is 0 Å². The zero-order valence-electron chi connectivity index (χ0n) is 15.0. The Labute approximate surface area is 163 Å². The van der Waals surface area contributed by atoms with E-state index in [1.54, 1.807) is 13.2 Å². The summed E-state index contributed by atoms with van der Waals surface area (Å²) >= 11 is 7.33. The van der Waals surface area contributed by atoms with Crippen LogP contribution in [0.1, 0.15) is 11.4 Å². The quantitative estimate of drug-likeness (QED) is 0.490. The monoisotopic (exact) mass is 394 g/mol. The van der Waals surface area contributed by atoms with Gasteiger partial charge in [0, 0.05) is 35.5 Å². The third-order valence-electron chi connectivity index (χ3n) is 3.61. The SMILES string of the molecule is C=CCn1c(CN(C)Cc2ccc(OC)cc2O)nnc1SCC(=C)Cl. The number of methoxy groups -OCH3 is 1. The summed E-state index contributed by atoms with van der Waals surface area (Å²) in [6.45, 7) is 9.25. The summed E-state index contributed by atoms with van der Waals surface area (Å²) in [6, 6.07) is 5.29. The number of thioether (sulfide) groups is 1. The van der Waals surface area contributed by atoms with Gasteiger partial charge in [-0.25, -0.2) is 0 Å². The molecule has 1 N–H and O–H groups in total. The Morgan fingerprint density at radius 3 is 2.81 bits per heavy atom. The Balaban J connectivity index is 2.09. The summed E-state index contributed by atoms with van der Waals surface area (Å²) in [6.07, 6.45) is 1.81. The van der Waals surface area contributed by atoms with Crippen LogP contribution in [0.3, 0.4) is 0 Å². The highest BCUT2D eigenvalue weighted by molar-refractivity contribution is 7.99. The highest BCUT2D eigenvalue weighted by Gasteiger charge is 2.15. The van der Waals surface area contributed by atoms with Gasteiger partial charge in [0.25, 0.3) is 0 Å². The molecule has 6 nitrogen and oxygen atoms in total. The summed E-state index contributed by atoms with van der Waals surface area (Å²) in [5.74, 6) is 2.23. The van der Waals surface area contributed by atoms with Gasteiger partial charge in [-0.3, -0.25) is 4.90 Å². The lowest BCUT2D eigenvalue weighted by Gasteiger charge is -2.18. The highest BCUT2D eigenvalue weighted by atomic mass is 35.5. The van der Waals surface area contributed by atoms with E-state index in [4.69, 9.17) is 16.3 Å². The molecule has 1 heterocycles. The van der Waals surface area contributed by atoms with E-state index in [1.165, 1.54) is 11.8 Å². The van der Waals surface area contributed by atoms with Gasteiger partial charge in [-0.2, -0.15) is 0 Å². The number of hydrogen-bond acceptors (Lipinski definition) is 6. The molecule has 1 aromatic carbocycles. The lowest BCUT2D eigenvalue weighted by molar-refractivity contribution is 0.299. The molecule has 0 unspecified atom stereocenters. The van der Waals surface area contributed by atoms with E-state index in [0.717, 1.165) is 16.5 Å². The number of aromatic nitrogens is 3. The maximum atomic E-state index is 10.1. The molecule has 2 rings (SSSR count). The van der Waals surface area contributed by atoms with E-state index in [2.05, 4.69) is 28.3 Å². The van der Waals surface area contributed by atoms with E-state index >= 15 is 0 Å². The molecule has 0 aliphatic rings. The normalized spacial score (nSPS) is 10.9. The number of aromatic hydroxyl groups is 1. The van der Waals surface area contributed by atoms with Crippen LogP contribution >= 0.6 is 23.4 Å². The lowest BCUT2D eigenvalue weighted by Crippen LogP contribution is -2.20. The number of benzene rings is 1. The second-order valence-corrected chi connectivity index (χ2v) is 7.25. The van der Waals surface area contributed by atoms with E-state index < -0.39 is 0 Å². The molecule has 26 heavy (non-hydrogen) atoms. The van der Waals surface area contributed by atoms with E-state index in [1.807, 2.05) is 29.8 Å². The van der Waals surface area contributed by atoms with Crippen LogP contribution < -0.4 is 4.74 Å². The molecule has 8 heteroatoms. The molecule has 2 aromatic rings. The maximum absolute atomic E-state index is 10.1. The van der Waals surface area contributed by atoms with E-state index in [0.29, 0.717) is 36.2 Å². The largest absolute Gasteiger partial charge is 0.507 e. The molecule has 140 valence electrons. The van der Waals surface area contributed by atoms with Crippen molar-refractivity contribution in [3.05, 3.63) is 53.9 Å². The van der Waals surface area contributed by atoms with Gasteiger partial charge in [0.1, 0.15) is 17.3 Å². The van der Waals surface area contributed by atoms with Crippen LogP contribution in [0.15, 0.2) is 47.6 Å². The minimum absolute atomic E-state index is 0.209. The first-order chi connectivity index (χ1) is 12.4. The van der Waals surface area contributed by atoms with Crippen LogP contribution in [-0.4, -0.2) is 44.7 Å². The second-order valence-electron chi connectivity index (χ2n) is 5.77. The van der Waals surface area contributed by atoms with Crippen molar-refractivity contribution in [3.8, 4) is 11.5 Å². The van der Waals surface area contributed by atoms with Crippen molar-refractivity contribution >= 4 is 23.4 Å². The zero-order chi connectivity index (χ0) is 19.1. The fourth-order valence-corrected chi connectivity index (χ4v) is 3.27. The fourth-order valence-electron chi connectivity index (χ4n) is 2.39. The topological polar surface area (TPSA) is 63.4 Å². The maximum Gasteiger partial charge on any atom is 0.191 e. The minimum atomic E-state index is 0.209. The van der Waals surface area contributed by atoms with Crippen LogP contribution in [0.25, 0.3) is 0 Å². The molecule has 0 amide bonds. The molecule has 0 fully saturated rings. The van der Waals surface area contributed by atoms with Crippen LogP contribution in [-0.2, 0) is 19.6 Å². The van der Waals surface area contributed by atoms with Crippen LogP contribution in [0.5, 0.6) is 11.5 Å². The molecular weight excluding hydrogens is 372 g/mol. The Kier molecular flexibility index (Phi) is 7.56. The Morgan fingerprint density at radius 1 is 1.42 bits per heavy atom. The molecule has 0 saturated heterocycles. The number of rotatable bonds is 10. The predicted octanol–water partition coefficient (Wildman–Crippen LogP) is 3.65. The van der Waals surface area contributed by atoms with Gasteiger partial charge in [-0.1, -0.05) is 42.1 Å². The second kappa shape index (κ2) is 9.66. The highest BCUT2D eigenvalue weighted by Crippen LogP contribution is 2.25. The molecule has 0 bridgehead atoms. The standard InChI is InChI=1S/C18H23ClN4O2S/c1-5-8-23-17(20-21-18(23)26-12-13(2)19)11-22(3)10-14-6-7-15(25-4)9-16(14)24/h5-7,9,24H,1-2,8,10-12H2,3-4H3. The Hall–Kier alpha value is -1.96. The van der Waals surface area contributed by atoms with Crippen LogP contribution in [0.4, 0.5) is 0 Å². The number of phenols is 1. The van der Waals surface area contributed by atoms with Gasteiger partial charge in [-0.15, -0.1) is 16.8 Å². The number of halogens is 1. The van der Waals surface area contributed by atoms with Gasteiger partial charge in [-0.05, 0) is 13.1 Å². The average molecular weight is 395 g/mol. The molecule has 1 aromatic heterocycles. The molecule has 0 saturated carbocycles. The van der Waals surface area contributed by atoms with E-state index in [9.17, 15) is 5.11 Å². The zero-order valence-corrected chi connectivity index (χ0v) is 16.6. The molecular formula is C18H23ClN4O2S. The number of ether oxygens (including phenoxy) is 1. The van der Waals surface area contributed by atoms with Crippen molar-refractivity contribution in [2.75, 3.05) is 19.9 Å². The summed E-state index contributed by atoms with van der Waals surface area (Å²) in [5.41, 5.74) is 0.816. The van der Waals surface area contributed by atoms with Crippen molar-refractivity contribution in [2.24, 2.45) is 0 Å². The molecule has 0 spiro atoms. The van der Waals surface area contributed by atoms with E-state index in [-0.39, 0.29) is 5.75 Å². The number of nitrogens with zero attached hydrogens (tertiary/aromatic N) is 4. The molecule has 0 atom stereocenters. The summed E-state index contributed by atoms with van der Waals surface area (Å²) in [5, 5.41) is 20.0.